The highest BCUT2D eigenvalue weighted by Crippen LogP contribution is 2.43. The zero-order chi connectivity index (χ0) is 35.1. The van der Waals surface area contributed by atoms with Crippen molar-refractivity contribution in [2.24, 2.45) is 0 Å². The molecule has 47 heavy (non-hydrogen) atoms. The van der Waals surface area contributed by atoms with Crippen molar-refractivity contribution in [2.75, 3.05) is 68.2 Å². The predicted octanol–water partition coefficient (Wildman–Crippen LogP) is 10.3. The second-order valence-electron chi connectivity index (χ2n) is 14.7. The van der Waals surface area contributed by atoms with E-state index in [1.807, 2.05) is 0 Å². The monoisotopic (exact) mass is 694 g/mol. The normalized spacial score (nSPS) is 13.9. The van der Waals surface area contributed by atoms with Crippen molar-refractivity contribution in [3.05, 3.63) is 0 Å². The first-order chi connectivity index (χ1) is 22.5. The summed E-state index contributed by atoms with van der Waals surface area (Å²) >= 11 is 0. The Balaban J connectivity index is 3.92. The van der Waals surface area contributed by atoms with E-state index in [4.69, 9.17) is 18.5 Å². The molecule has 0 bridgehead atoms. The molecule has 9 nitrogen and oxygen atoms in total. The molecular weight excluding hydrogens is 615 g/mol. The van der Waals surface area contributed by atoms with E-state index in [0.29, 0.717) is 13.0 Å². The number of carbonyl (C=O) groups is 1. The minimum absolute atomic E-state index is 0.105. The van der Waals surface area contributed by atoms with Crippen LogP contribution in [0, 0.1) is 0 Å². The molecule has 0 saturated heterocycles. The van der Waals surface area contributed by atoms with Crippen LogP contribution < -0.4 is 0 Å². The first-order valence-electron chi connectivity index (χ1n) is 19.3. The second kappa shape index (κ2) is 31.3. The number of phosphoric ester groups is 1. The molecule has 0 aromatic heterocycles. The second-order valence-corrected chi connectivity index (χ2v) is 16.2. The van der Waals surface area contributed by atoms with Crippen LogP contribution in [0.4, 0.5) is 4.79 Å². The van der Waals surface area contributed by atoms with Gasteiger partial charge in [0.1, 0.15) is 0 Å². The summed E-state index contributed by atoms with van der Waals surface area (Å²) in [6.45, 7) is 4.04. The van der Waals surface area contributed by atoms with Crippen LogP contribution in [0.15, 0.2) is 0 Å². The molecule has 0 saturated carbocycles. The maximum Gasteiger partial charge on any atom is 0.472 e. The zero-order valence-corrected chi connectivity index (χ0v) is 32.7. The third kappa shape index (κ3) is 34.9. The molecule has 1 amide bonds. The van der Waals surface area contributed by atoms with Crippen LogP contribution in [0.1, 0.15) is 161 Å². The predicted molar refractivity (Wildman–Crippen MR) is 196 cm³/mol. The number of phosphoric acid groups is 1. The van der Waals surface area contributed by atoms with Gasteiger partial charge < -0.3 is 23.8 Å². The van der Waals surface area contributed by atoms with Gasteiger partial charge in [-0.25, -0.2) is 9.36 Å². The number of unbranched alkanes of at least 4 members (excludes halogenated alkanes) is 22. The average Bonchev–Trinajstić information content (AvgIpc) is 3.01. The Morgan fingerprint density at radius 2 is 1.02 bits per heavy atom. The number of ether oxygens (including phenoxy) is 2. The molecular formula is C37H78N2O7P+. The average molecular weight is 694 g/mol. The van der Waals surface area contributed by atoms with E-state index in [0.717, 1.165) is 30.2 Å². The van der Waals surface area contributed by atoms with Crippen molar-refractivity contribution in [1.29, 1.82) is 0 Å². The molecule has 0 aliphatic heterocycles. The minimum Gasteiger partial charge on any atom is -0.441 e. The molecule has 0 aliphatic rings. The molecule has 2 unspecified atom stereocenters. The van der Waals surface area contributed by atoms with Gasteiger partial charge in [-0.1, -0.05) is 135 Å². The van der Waals surface area contributed by atoms with Gasteiger partial charge in [0.25, 0.3) is 0 Å². The maximum atomic E-state index is 12.4. The Hall–Kier alpha value is -0.700. The van der Waals surface area contributed by atoms with Gasteiger partial charge >= 0.3 is 13.9 Å². The largest absolute Gasteiger partial charge is 0.472 e. The molecule has 0 aromatic rings. The van der Waals surface area contributed by atoms with Gasteiger partial charge in [0.15, 0.2) is 6.10 Å². The summed E-state index contributed by atoms with van der Waals surface area (Å²) in [6, 6.07) is 0. The fraction of sp³-hybridized carbons (Fsp3) is 0.973. The van der Waals surface area contributed by atoms with E-state index in [-0.39, 0.29) is 19.8 Å². The number of quaternary nitrogens is 1. The quantitative estimate of drug-likeness (QED) is 0.0401. The molecule has 0 heterocycles. The van der Waals surface area contributed by atoms with E-state index in [1.165, 1.54) is 133 Å². The van der Waals surface area contributed by atoms with Gasteiger partial charge in [-0.05, 0) is 25.7 Å². The molecule has 0 radical (unpaired) electrons. The van der Waals surface area contributed by atoms with Crippen molar-refractivity contribution in [3.8, 4) is 0 Å². The van der Waals surface area contributed by atoms with E-state index in [9.17, 15) is 14.3 Å². The number of rotatable bonds is 35. The van der Waals surface area contributed by atoms with Crippen LogP contribution in [-0.4, -0.2) is 94.7 Å². The lowest BCUT2D eigenvalue weighted by molar-refractivity contribution is -0.870. The molecule has 0 fully saturated rings. The van der Waals surface area contributed by atoms with Gasteiger partial charge in [0, 0.05) is 20.7 Å². The summed E-state index contributed by atoms with van der Waals surface area (Å²) in [6.07, 6.45) is 28.7. The van der Waals surface area contributed by atoms with Crippen molar-refractivity contribution in [3.63, 3.8) is 0 Å². The van der Waals surface area contributed by atoms with Gasteiger partial charge in [0.05, 0.1) is 47.5 Å². The van der Waals surface area contributed by atoms with Crippen LogP contribution in [0.5, 0.6) is 0 Å². The van der Waals surface area contributed by atoms with Gasteiger partial charge in [-0.2, -0.15) is 0 Å². The Morgan fingerprint density at radius 1 is 0.617 bits per heavy atom. The molecule has 0 aliphatic carbocycles. The highest BCUT2D eigenvalue weighted by atomic mass is 31.2. The minimum atomic E-state index is -4.24. The van der Waals surface area contributed by atoms with Crippen molar-refractivity contribution in [2.45, 2.75) is 167 Å². The van der Waals surface area contributed by atoms with E-state index < -0.39 is 20.0 Å². The summed E-state index contributed by atoms with van der Waals surface area (Å²) < 4.78 is 34.9. The van der Waals surface area contributed by atoms with E-state index >= 15 is 0 Å². The smallest absolute Gasteiger partial charge is 0.441 e. The van der Waals surface area contributed by atoms with E-state index in [1.54, 1.807) is 14.1 Å². The SMILES string of the molecule is CCCCCCCCCCCCCCCCCCOCC(COP(=O)(O)OCCCCCCCCCC[N+](C)(C)C)OC(=O)N(C)C. The zero-order valence-electron chi connectivity index (χ0n) is 31.8. The fourth-order valence-corrected chi connectivity index (χ4v) is 6.26. The number of amides is 1. The Labute approximate surface area is 291 Å². The fourth-order valence-electron chi connectivity index (χ4n) is 5.47. The molecule has 2 atom stereocenters. The number of hydrogen-bond acceptors (Lipinski definition) is 6. The molecule has 0 spiro atoms. The Bertz CT molecular complexity index is 749. The van der Waals surface area contributed by atoms with Crippen LogP contribution in [-0.2, 0) is 23.1 Å². The first kappa shape index (κ1) is 46.3. The van der Waals surface area contributed by atoms with E-state index in [2.05, 4.69) is 28.1 Å². The number of hydrogen-bond donors (Lipinski definition) is 1. The number of nitrogens with zero attached hydrogens (tertiary/aromatic N) is 2. The molecule has 0 aromatic carbocycles. The molecule has 1 N–H and O–H groups in total. The van der Waals surface area contributed by atoms with Gasteiger partial charge in [-0.3, -0.25) is 9.05 Å². The summed E-state index contributed by atoms with van der Waals surface area (Å²) in [4.78, 5) is 23.6. The van der Waals surface area contributed by atoms with Gasteiger partial charge in [-0.15, -0.1) is 0 Å². The molecule has 282 valence electrons. The molecule has 0 rings (SSSR count). The van der Waals surface area contributed by atoms with Crippen LogP contribution in [0.2, 0.25) is 0 Å². The Kier molecular flexibility index (Phi) is 30.8. The molecule has 10 heteroatoms. The van der Waals surface area contributed by atoms with Crippen molar-refractivity contribution < 1.29 is 37.3 Å². The van der Waals surface area contributed by atoms with Crippen molar-refractivity contribution in [1.82, 2.24) is 4.90 Å². The first-order valence-corrected chi connectivity index (χ1v) is 20.8. The maximum absolute atomic E-state index is 12.4. The summed E-state index contributed by atoms with van der Waals surface area (Å²) in [5, 5.41) is 0. The lowest BCUT2D eigenvalue weighted by Crippen LogP contribution is -2.35. The standard InChI is InChI=1S/C37H77N2O7P/c1-7-8-9-10-11-12-13-14-15-16-17-18-20-23-26-29-32-43-34-36(46-37(40)38(2)3)35-45-47(41,42)44-33-30-27-24-21-19-22-25-28-31-39(4,5)6/h36H,7-35H2,1-6H3/p+1. The highest BCUT2D eigenvalue weighted by molar-refractivity contribution is 7.47. The summed E-state index contributed by atoms with van der Waals surface area (Å²) in [5.74, 6) is 0. The lowest BCUT2D eigenvalue weighted by atomic mass is 10.0. The highest BCUT2D eigenvalue weighted by Gasteiger charge is 2.25. The van der Waals surface area contributed by atoms with Crippen molar-refractivity contribution >= 4 is 13.9 Å². The Morgan fingerprint density at radius 3 is 1.45 bits per heavy atom. The lowest BCUT2D eigenvalue weighted by Gasteiger charge is -2.23. The van der Waals surface area contributed by atoms with Gasteiger partial charge in [0.2, 0.25) is 0 Å². The number of carbonyl (C=O) groups excluding carboxylic acids is 1. The summed E-state index contributed by atoms with van der Waals surface area (Å²) in [5.41, 5.74) is 0. The summed E-state index contributed by atoms with van der Waals surface area (Å²) in [7, 11) is 5.62. The third-order valence-corrected chi connectivity index (χ3v) is 9.46. The topological polar surface area (TPSA) is 94.5 Å². The van der Waals surface area contributed by atoms with Crippen LogP contribution >= 0.6 is 7.82 Å². The third-order valence-electron chi connectivity index (χ3n) is 8.48. The van der Waals surface area contributed by atoms with Crippen LogP contribution in [0.25, 0.3) is 0 Å². The van der Waals surface area contributed by atoms with Crippen LogP contribution in [0.3, 0.4) is 0 Å².